The summed E-state index contributed by atoms with van der Waals surface area (Å²) in [6, 6.07) is 11.7. The van der Waals surface area contributed by atoms with Crippen LogP contribution in [-0.4, -0.2) is 16.8 Å². The van der Waals surface area contributed by atoms with Crippen molar-refractivity contribution in [1.29, 1.82) is 0 Å². The molecule has 1 fully saturated rings. The van der Waals surface area contributed by atoms with Gasteiger partial charge in [-0.15, -0.1) is 0 Å². The molecule has 0 spiro atoms. The molecule has 1 aromatic carbocycles. The second kappa shape index (κ2) is 3.88. The fourth-order valence-corrected chi connectivity index (χ4v) is 2.65. The van der Waals surface area contributed by atoms with Gasteiger partial charge in [-0.2, -0.15) is 0 Å². The predicted molar refractivity (Wildman–Crippen MR) is 70.7 cm³/mol. The number of nitrogens with zero attached hydrogens (tertiary/aromatic N) is 1. The summed E-state index contributed by atoms with van der Waals surface area (Å²) in [4.78, 5) is 14.6. The van der Waals surface area contributed by atoms with Gasteiger partial charge in [0.1, 0.15) is 5.76 Å². The van der Waals surface area contributed by atoms with Crippen molar-refractivity contribution >= 4 is 11.6 Å². The number of carbonyl (C=O) groups excluding carboxylic acids is 1. The average Bonchev–Trinajstić information content (AvgIpc) is 3.12. The number of rotatable bonds is 2. The molecule has 1 saturated carbocycles. The molecule has 0 saturated heterocycles. The van der Waals surface area contributed by atoms with E-state index in [0.717, 1.165) is 29.9 Å². The second-order valence-corrected chi connectivity index (χ2v) is 5.05. The molecule has 1 aromatic heterocycles. The summed E-state index contributed by atoms with van der Waals surface area (Å²) in [6.45, 7) is 0. The number of amides is 1. The van der Waals surface area contributed by atoms with Crippen LogP contribution in [-0.2, 0) is 0 Å². The first kappa shape index (κ1) is 10.7. The van der Waals surface area contributed by atoms with Crippen LogP contribution in [0.1, 0.15) is 35.1 Å². The Balaban J connectivity index is 1.81. The number of furan rings is 1. The topological polar surface area (TPSA) is 45.5 Å². The van der Waals surface area contributed by atoms with E-state index in [1.165, 1.54) is 0 Å². The Morgan fingerprint density at radius 3 is 2.74 bits per heavy atom. The minimum atomic E-state index is -0.190. The maximum atomic E-state index is 12.6. The Hall–Kier alpha value is -2.23. The van der Waals surface area contributed by atoms with E-state index in [-0.39, 0.29) is 12.1 Å². The zero-order chi connectivity index (χ0) is 12.8. The molecule has 0 bridgehead atoms. The minimum Gasteiger partial charge on any atom is -0.465 e. The van der Waals surface area contributed by atoms with Crippen molar-refractivity contribution in [1.82, 2.24) is 4.90 Å². The van der Waals surface area contributed by atoms with E-state index in [0.29, 0.717) is 6.04 Å². The third kappa shape index (κ3) is 1.63. The summed E-state index contributed by atoms with van der Waals surface area (Å²) in [5.74, 6) is 0.882. The Morgan fingerprint density at radius 1 is 1.16 bits per heavy atom. The lowest BCUT2D eigenvalue weighted by molar-refractivity contribution is 0.0645. The lowest BCUT2D eigenvalue weighted by Gasteiger charge is -2.36. The van der Waals surface area contributed by atoms with Crippen molar-refractivity contribution in [2.45, 2.75) is 25.0 Å². The fraction of sp³-hybridized carbons (Fsp3) is 0.267. The fourth-order valence-electron chi connectivity index (χ4n) is 2.65. The second-order valence-electron chi connectivity index (χ2n) is 5.05. The maximum absolute atomic E-state index is 12.6. The Morgan fingerprint density at radius 2 is 2.00 bits per heavy atom. The van der Waals surface area contributed by atoms with Crippen LogP contribution in [0.2, 0.25) is 0 Å². The molecule has 1 aliphatic carbocycles. The number of para-hydroxylation sites is 1. The minimum absolute atomic E-state index is 0.0956. The number of benzene rings is 1. The Bertz CT molecular complexity index is 617. The summed E-state index contributed by atoms with van der Waals surface area (Å²) in [6.07, 6.45) is 3.61. The normalized spacial score (nSPS) is 22.0. The molecule has 0 radical (unpaired) electrons. The number of hydrogen-bond acceptors (Lipinski definition) is 3. The highest BCUT2D eigenvalue weighted by atomic mass is 16.3. The van der Waals surface area contributed by atoms with Crippen LogP contribution in [0, 0.1) is 0 Å². The summed E-state index contributed by atoms with van der Waals surface area (Å²) in [5.41, 5.74) is 1.63. The molecule has 1 N–H and O–H groups in total. The number of nitrogens with one attached hydrogen (secondary N) is 1. The summed E-state index contributed by atoms with van der Waals surface area (Å²) in [7, 11) is 0. The van der Waals surface area contributed by atoms with E-state index in [1.807, 2.05) is 41.3 Å². The van der Waals surface area contributed by atoms with E-state index < -0.39 is 0 Å². The first-order valence-corrected chi connectivity index (χ1v) is 6.56. The molecule has 2 heterocycles. The highest BCUT2D eigenvalue weighted by molar-refractivity contribution is 6.02. The Kier molecular flexibility index (Phi) is 2.18. The van der Waals surface area contributed by atoms with Gasteiger partial charge in [0.2, 0.25) is 0 Å². The molecule has 1 amide bonds. The van der Waals surface area contributed by atoms with Gasteiger partial charge in [0.25, 0.3) is 5.91 Å². The first-order valence-electron chi connectivity index (χ1n) is 6.56. The smallest absolute Gasteiger partial charge is 0.258 e. The van der Waals surface area contributed by atoms with Crippen LogP contribution in [0.3, 0.4) is 0 Å². The lowest BCUT2D eigenvalue weighted by atomic mass is 10.1. The van der Waals surface area contributed by atoms with Crippen molar-refractivity contribution in [3.05, 3.63) is 54.0 Å². The highest BCUT2D eigenvalue weighted by Gasteiger charge is 2.42. The average molecular weight is 254 g/mol. The number of carbonyl (C=O) groups is 1. The van der Waals surface area contributed by atoms with Crippen molar-refractivity contribution in [3.63, 3.8) is 0 Å². The van der Waals surface area contributed by atoms with E-state index in [9.17, 15) is 4.79 Å². The molecular weight excluding hydrogens is 240 g/mol. The van der Waals surface area contributed by atoms with Gasteiger partial charge in [0, 0.05) is 11.7 Å². The molecule has 1 atom stereocenters. The summed E-state index contributed by atoms with van der Waals surface area (Å²) < 4.78 is 5.49. The van der Waals surface area contributed by atoms with Crippen LogP contribution in [0.4, 0.5) is 5.69 Å². The van der Waals surface area contributed by atoms with Crippen LogP contribution in [0.15, 0.2) is 47.1 Å². The standard InChI is InChI=1S/C15H14N2O2/c18-15-11-4-1-2-5-12(11)16-14(13-6-3-9-19-13)17(15)10-7-8-10/h1-6,9-10,14,16H,7-8H2. The largest absolute Gasteiger partial charge is 0.465 e. The van der Waals surface area contributed by atoms with Crippen molar-refractivity contribution in [2.75, 3.05) is 5.32 Å². The van der Waals surface area contributed by atoms with Crippen molar-refractivity contribution in [2.24, 2.45) is 0 Å². The van der Waals surface area contributed by atoms with Gasteiger partial charge >= 0.3 is 0 Å². The van der Waals surface area contributed by atoms with Gasteiger partial charge in [-0.05, 0) is 37.1 Å². The molecule has 4 heteroatoms. The molecule has 1 unspecified atom stereocenters. The number of anilines is 1. The molecule has 96 valence electrons. The van der Waals surface area contributed by atoms with Crippen LogP contribution < -0.4 is 5.32 Å². The highest BCUT2D eigenvalue weighted by Crippen LogP contribution is 2.40. The van der Waals surface area contributed by atoms with E-state index >= 15 is 0 Å². The molecule has 19 heavy (non-hydrogen) atoms. The SMILES string of the molecule is O=C1c2ccccc2NC(c2ccco2)N1C1CC1. The Labute approximate surface area is 111 Å². The zero-order valence-electron chi connectivity index (χ0n) is 10.4. The van der Waals surface area contributed by atoms with Crippen LogP contribution in [0.25, 0.3) is 0 Å². The quantitative estimate of drug-likeness (QED) is 0.896. The molecule has 4 rings (SSSR count). The number of fused-ring (bicyclic) bond motifs is 1. The van der Waals surface area contributed by atoms with Crippen LogP contribution in [0.5, 0.6) is 0 Å². The molecule has 2 aliphatic rings. The summed E-state index contributed by atoms with van der Waals surface area (Å²) in [5, 5.41) is 3.41. The van der Waals surface area contributed by atoms with Gasteiger partial charge < -0.3 is 14.6 Å². The van der Waals surface area contributed by atoms with Crippen molar-refractivity contribution < 1.29 is 9.21 Å². The monoisotopic (exact) mass is 254 g/mol. The van der Waals surface area contributed by atoms with E-state index in [2.05, 4.69) is 5.32 Å². The molecule has 2 aromatic rings. The van der Waals surface area contributed by atoms with Gasteiger partial charge in [0.05, 0.1) is 11.8 Å². The molecule has 4 nitrogen and oxygen atoms in total. The summed E-state index contributed by atoms with van der Waals surface area (Å²) >= 11 is 0. The van der Waals surface area contributed by atoms with E-state index in [4.69, 9.17) is 4.42 Å². The third-order valence-corrected chi connectivity index (χ3v) is 3.72. The predicted octanol–water partition coefficient (Wildman–Crippen LogP) is 3.01. The van der Waals surface area contributed by atoms with E-state index in [1.54, 1.807) is 6.26 Å². The lowest BCUT2D eigenvalue weighted by Crippen LogP contribution is -2.44. The first-order chi connectivity index (χ1) is 9.34. The number of hydrogen-bond donors (Lipinski definition) is 1. The zero-order valence-corrected chi connectivity index (χ0v) is 10.4. The van der Waals surface area contributed by atoms with Crippen molar-refractivity contribution in [3.8, 4) is 0 Å². The van der Waals surface area contributed by atoms with Gasteiger partial charge in [-0.1, -0.05) is 12.1 Å². The molecule has 1 aliphatic heterocycles. The molecular formula is C15H14N2O2. The van der Waals surface area contributed by atoms with Gasteiger partial charge in [-0.25, -0.2) is 0 Å². The van der Waals surface area contributed by atoms with Gasteiger partial charge in [0.15, 0.2) is 6.17 Å². The van der Waals surface area contributed by atoms with Crippen LogP contribution >= 0.6 is 0 Å². The third-order valence-electron chi connectivity index (χ3n) is 3.72. The van der Waals surface area contributed by atoms with Gasteiger partial charge in [-0.3, -0.25) is 4.79 Å². The maximum Gasteiger partial charge on any atom is 0.258 e.